The van der Waals surface area contributed by atoms with Crippen LogP contribution in [0.25, 0.3) is 33.5 Å². The second-order valence-corrected chi connectivity index (χ2v) is 23.7. The first kappa shape index (κ1) is 48.0. The Morgan fingerprint density at radius 2 is 1.07 bits per heavy atom. The topological polar surface area (TPSA) is 75.6 Å². The maximum Gasteiger partial charge on any atom is 0.100 e. The molecule has 8 nitrogen and oxygen atoms in total. The van der Waals surface area contributed by atoms with E-state index in [-0.39, 0.29) is 25.7 Å². The monoisotopic (exact) mass is 950 g/mol. The summed E-state index contributed by atoms with van der Waals surface area (Å²) in [5, 5.41) is 0. The van der Waals surface area contributed by atoms with E-state index in [0.29, 0.717) is 29.6 Å². The summed E-state index contributed by atoms with van der Waals surface area (Å²) < 4.78 is 13.5. The SMILES string of the molecule is C.C.C[C@]12CC[C@H](OCc3ccncc3)CC1=CCC1C2CC[C@]2(C)C(n3cnc4ccccc43)=CCC12.C[C@]12CC[C@H](n3ccnc3)CC1=CCC1C2CC[C@]2(C)C(n3cnc4ccccc43)=CCC12. The highest BCUT2D eigenvalue weighted by atomic mass is 16.5. The number of fused-ring (bicyclic) bond motifs is 12. The molecule has 4 saturated carbocycles. The lowest BCUT2D eigenvalue weighted by Crippen LogP contribution is -2.50. The summed E-state index contributed by atoms with van der Waals surface area (Å²) in [6.07, 6.45) is 42.2. The number of hydrogen-bond donors (Lipinski definition) is 0. The number of pyridine rings is 1. The summed E-state index contributed by atoms with van der Waals surface area (Å²) in [6.45, 7) is 11.0. The van der Waals surface area contributed by atoms with E-state index >= 15 is 0 Å². The van der Waals surface area contributed by atoms with E-state index in [0.717, 1.165) is 53.0 Å². The zero-order valence-electron chi connectivity index (χ0n) is 41.4. The summed E-state index contributed by atoms with van der Waals surface area (Å²) in [5.74, 6) is 4.66. The molecule has 8 heteroatoms. The van der Waals surface area contributed by atoms with Gasteiger partial charge in [0.25, 0.3) is 0 Å². The fourth-order valence-corrected chi connectivity index (χ4v) is 17.0. The number of nitrogens with zero attached hydrogens (tertiary/aromatic N) is 7. The van der Waals surface area contributed by atoms with Gasteiger partial charge in [0, 0.05) is 53.1 Å². The minimum absolute atomic E-state index is 0. The van der Waals surface area contributed by atoms with Crippen LogP contribution in [0, 0.1) is 57.2 Å². The Hall–Kier alpha value is -5.34. The van der Waals surface area contributed by atoms with Crippen LogP contribution in [0.15, 0.2) is 140 Å². The average Bonchev–Trinajstić information content (AvgIpc) is 4.24. The molecule has 4 aromatic heterocycles. The fraction of sp³-hybridized carbons (Fsp3) is 0.524. The smallest absolute Gasteiger partial charge is 0.100 e. The molecule has 2 aromatic carbocycles. The lowest BCUT2D eigenvalue weighted by molar-refractivity contribution is -0.0428. The van der Waals surface area contributed by atoms with Crippen LogP contribution < -0.4 is 0 Å². The molecule has 14 rings (SSSR count). The zero-order valence-corrected chi connectivity index (χ0v) is 41.4. The molecule has 372 valence electrons. The summed E-state index contributed by atoms with van der Waals surface area (Å²) >= 11 is 0. The largest absolute Gasteiger partial charge is 0.373 e. The highest BCUT2D eigenvalue weighted by Gasteiger charge is 2.59. The van der Waals surface area contributed by atoms with Crippen LogP contribution in [-0.2, 0) is 11.3 Å². The van der Waals surface area contributed by atoms with Gasteiger partial charge in [-0.2, -0.15) is 0 Å². The molecular weight excluding hydrogens is 871 g/mol. The van der Waals surface area contributed by atoms with Crippen molar-refractivity contribution in [1.82, 2.24) is 33.6 Å². The summed E-state index contributed by atoms with van der Waals surface area (Å²) in [4.78, 5) is 17.9. The van der Waals surface area contributed by atoms with E-state index in [2.05, 4.69) is 155 Å². The van der Waals surface area contributed by atoms with Crippen LogP contribution in [-0.4, -0.2) is 39.7 Å². The molecule has 8 aliphatic rings. The molecule has 0 saturated heterocycles. The molecule has 0 bridgehead atoms. The highest BCUT2D eigenvalue weighted by Crippen LogP contribution is 2.68. The molecule has 0 N–H and O–H groups in total. The maximum atomic E-state index is 6.39. The lowest BCUT2D eigenvalue weighted by atomic mass is 9.47. The van der Waals surface area contributed by atoms with Crippen LogP contribution in [0.1, 0.15) is 144 Å². The van der Waals surface area contributed by atoms with Crippen molar-refractivity contribution in [1.29, 1.82) is 0 Å². The number of ether oxygens (including phenoxy) is 1. The van der Waals surface area contributed by atoms with E-state index in [1.54, 1.807) is 11.1 Å². The van der Waals surface area contributed by atoms with E-state index in [4.69, 9.17) is 14.7 Å². The fourth-order valence-electron chi connectivity index (χ4n) is 17.0. The first-order valence-electron chi connectivity index (χ1n) is 26.8. The predicted octanol–water partition coefficient (Wildman–Crippen LogP) is 15.6. The Bertz CT molecular complexity index is 3010. The van der Waals surface area contributed by atoms with E-state index in [1.807, 2.05) is 24.9 Å². The van der Waals surface area contributed by atoms with E-state index < -0.39 is 0 Å². The molecule has 0 radical (unpaired) electrons. The average molecular weight is 950 g/mol. The maximum absolute atomic E-state index is 6.39. The van der Waals surface area contributed by atoms with E-state index in [9.17, 15) is 0 Å². The van der Waals surface area contributed by atoms with Gasteiger partial charge in [-0.15, -0.1) is 0 Å². The summed E-state index contributed by atoms with van der Waals surface area (Å²) in [5.41, 5.74) is 13.5. The molecule has 0 aliphatic heterocycles. The number of hydrogen-bond acceptors (Lipinski definition) is 5. The van der Waals surface area contributed by atoms with Crippen LogP contribution in [0.4, 0.5) is 0 Å². The van der Waals surface area contributed by atoms with Gasteiger partial charge < -0.3 is 18.4 Å². The summed E-state index contributed by atoms with van der Waals surface area (Å²) in [7, 11) is 0. The van der Waals surface area contributed by atoms with Gasteiger partial charge in [-0.05, 0) is 178 Å². The second-order valence-electron chi connectivity index (χ2n) is 23.7. The third-order valence-corrected chi connectivity index (χ3v) is 20.8. The van der Waals surface area contributed by atoms with Gasteiger partial charge in [0.05, 0.1) is 41.1 Å². The van der Waals surface area contributed by atoms with Crippen LogP contribution in [0.2, 0.25) is 0 Å². The van der Waals surface area contributed by atoms with Gasteiger partial charge in [-0.25, -0.2) is 15.0 Å². The third-order valence-electron chi connectivity index (χ3n) is 20.8. The first-order chi connectivity index (χ1) is 33.6. The van der Waals surface area contributed by atoms with Crippen molar-refractivity contribution in [3.05, 3.63) is 145 Å². The quantitative estimate of drug-likeness (QED) is 0.156. The zero-order chi connectivity index (χ0) is 46.5. The Labute approximate surface area is 423 Å². The third kappa shape index (κ3) is 7.61. The molecule has 0 amide bonds. The molecule has 0 spiro atoms. The molecule has 6 unspecified atom stereocenters. The molecular formula is C63H79N7O. The number of aromatic nitrogens is 7. The molecule has 71 heavy (non-hydrogen) atoms. The minimum Gasteiger partial charge on any atom is -0.373 e. The van der Waals surface area contributed by atoms with Crippen molar-refractivity contribution < 1.29 is 4.74 Å². The Morgan fingerprint density at radius 1 is 0.535 bits per heavy atom. The standard InChI is InChI=1S/C32H37N3O.C29H34N4.2CH4/c1-31-15-11-24(36-20-22-13-17-33-18-14-22)19-23(31)7-8-25-26-9-10-30(32(26,2)16-12-27(25)31)35-21-34-28-5-3-4-6-29(28)35;1-28-13-11-21(32-16-15-30-18-32)17-20(28)7-8-22-23-9-10-27(29(23,2)14-12-24(22)28)33-19-31-25-5-3-4-6-26(25)33;;/h3-7,10,13-14,17-18,21,24-27H,8-9,11-12,15-16,19-20H2,1-2H3;3-7,10,15-16,18-19,21-24H,8-9,11-14,17H2,1-2H3;2*1H4/t24-,25?,26?,27?,31-,32-;21-,22?,23?,24?,28-,29-;;/m00../s1. The van der Waals surface area contributed by atoms with Gasteiger partial charge in [0.2, 0.25) is 0 Å². The van der Waals surface area contributed by atoms with Crippen LogP contribution >= 0.6 is 0 Å². The first-order valence-corrected chi connectivity index (χ1v) is 26.8. The van der Waals surface area contributed by atoms with Crippen molar-refractivity contribution >= 4 is 33.5 Å². The Kier molecular flexibility index (Phi) is 12.4. The number of para-hydroxylation sites is 4. The van der Waals surface area contributed by atoms with E-state index in [1.165, 1.54) is 111 Å². The second kappa shape index (κ2) is 18.3. The normalized spacial score (nSPS) is 35.5. The molecule has 4 fully saturated rings. The highest BCUT2D eigenvalue weighted by molar-refractivity contribution is 5.81. The molecule has 6 aromatic rings. The molecule has 8 aliphatic carbocycles. The van der Waals surface area contributed by atoms with Gasteiger partial charge in [-0.3, -0.25) is 4.98 Å². The van der Waals surface area contributed by atoms with Crippen molar-refractivity contribution in [3.8, 4) is 0 Å². The number of rotatable bonds is 6. The Morgan fingerprint density at radius 3 is 1.63 bits per heavy atom. The number of imidazole rings is 3. The van der Waals surface area contributed by atoms with Gasteiger partial charge in [-0.1, -0.05) is 102 Å². The predicted molar refractivity (Wildman–Crippen MR) is 290 cm³/mol. The van der Waals surface area contributed by atoms with Gasteiger partial charge in [0.1, 0.15) is 12.7 Å². The summed E-state index contributed by atoms with van der Waals surface area (Å²) in [6, 6.07) is 21.9. The van der Waals surface area contributed by atoms with Gasteiger partial charge in [0.15, 0.2) is 0 Å². The van der Waals surface area contributed by atoms with Gasteiger partial charge >= 0.3 is 0 Å². The lowest BCUT2D eigenvalue weighted by Gasteiger charge is -2.58. The number of allylic oxidation sites excluding steroid dienone is 7. The van der Waals surface area contributed by atoms with Crippen molar-refractivity contribution in [3.63, 3.8) is 0 Å². The van der Waals surface area contributed by atoms with Crippen molar-refractivity contribution in [2.45, 2.75) is 151 Å². The minimum atomic E-state index is 0. The van der Waals surface area contributed by atoms with Crippen LogP contribution in [0.5, 0.6) is 0 Å². The van der Waals surface area contributed by atoms with Crippen LogP contribution in [0.3, 0.4) is 0 Å². The molecule has 4 heterocycles. The van der Waals surface area contributed by atoms with Crippen molar-refractivity contribution in [2.75, 3.05) is 0 Å². The molecule has 12 atom stereocenters. The van der Waals surface area contributed by atoms with Crippen molar-refractivity contribution in [2.24, 2.45) is 57.2 Å². The number of benzene rings is 2. The Balaban J connectivity index is 0.000000150.